The zero-order valence-electron chi connectivity index (χ0n) is 11.0. The van der Waals surface area contributed by atoms with E-state index in [1.807, 2.05) is 0 Å². The molecule has 3 N–H and O–H groups in total. The van der Waals surface area contributed by atoms with Crippen LogP contribution in [0.15, 0.2) is 12.3 Å². The van der Waals surface area contributed by atoms with Gasteiger partial charge in [0.1, 0.15) is 5.82 Å². The maximum absolute atomic E-state index is 5.86. The van der Waals surface area contributed by atoms with Crippen molar-refractivity contribution in [2.75, 3.05) is 30.7 Å². The van der Waals surface area contributed by atoms with Crippen LogP contribution in [0.3, 0.4) is 0 Å². The first-order valence-corrected chi connectivity index (χ1v) is 6.83. The lowest BCUT2D eigenvalue weighted by atomic mass is 10.1. The molecule has 1 atom stereocenters. The van der Waals surface area contributed by atoms with E-state index in [0.29, 0.717) is 22.7 Å². The quantitative estimate of drug-likeness (QED) is 0.881. The van der Waals surface area contributed by atoms with Crippen LogP contribution >= 0.6 is 11.6 Å². The number of hydrogen-bond donors (Lipinski definition) is 2. The number of aromatic nitrogens is 1. The molecule has 0 aliphatic carbocycles. The van der Waals surface area contributed by atoms with E-state index in [4.69, 9.17) is 17.3 Å². The molecule has 2 heterocycles. The molecule has 0 spiro atoms. The van der Waals surface area contributed by atoms with Crippen LogP contribution in [0.2, 0.25) is 5.02 Å². The molecule has 0 bridgehead atoms. The van der Waals surface area contributed by atoms with Gasteiger partial charge in [-0.15, -0.1) is 0 Å². The van der Waals surface area contributed by atoms with E-state index >= 15 is 0 Å². The standard InChI is InChI=1S/C13H21ClN4/c1-9(2)18-4-3-10(8-18)6-16-13-12(15)5-11(14)7-17-13/h5,7,9-10H,3-4,6,8,15H2,1-2H3,(H,16,17). The van der Waals surface area contributed by atoms with Crippen LogP contribution in [0.25, 0.3) is 0 Å². The summed E-state index contributed by atoms with van der Waals surface area (Å²) >= 11 is 5.82. The number of rotatable bonds is 4. The molecule has 2 rings (SSSR count). The molecular formula is C13H21ClN4. The summed E-state index contributed by atoms with van der Waals surface area (Å²) in [5.41, 5.74) is 6.47. The molecule has 5 heteroatoms. The van der Waals surface area contributed by atoms with Crippen molar-refractivity contribution in [3.8, 4) is 0 Å². The van der Waals surface area contributed by atoms with E-state index in [1.165, 1.54) is 13.0 Å². The molecule has 1 aromatic rings. The lowest BCUT2D eigenvalue weighted by molar-refractivity contribution is 0.266. The van der Waals surface area contributed by atoms with E-state index in [9.17, 15) is 0 Å². The number of hydrogen-bond acceptors (Lipinski definition) is 4. The Bertz CT molecular complexity index is 408. The fourth-order valence-corrected chi connectivity index (χ4v) is 2.51. The first kappa shape index (κ1) is 13.4. The second kappa shape index (κ2) is 5.76. The molecule has 0 amide bonds. The highest BCUT2D eigenvalue weighted by Crippen LogP contribution is 2.22. The highest BCUT2D eigenvalue weighted by Gasteiger charge is 2.23. The number of nitrogen functional groups attached to an aromatic ring is 1. The topological polar surface area (TPSA) is 54.2 Å². The summed E-state index contributed by atoms with van der Waals surface area (Å²) in [6.45, 7) is 7.75. The van der Waals surface area contributed by atoms with Crippen molar-refractivity contribution in [2.45, 2.75) is 26.3 Å². The van der Waals surface area contributed by atoms with Crippen molar-refractivity contribution in [1.82, 2.24) is 9.88 Å². The number of nitrogens with one attached hydrogen (secondary N) is 1. The van der Waals surface area contributed by atoms with Crippen molar-refractivity contribution in [1.29, 1.82) is 0 Å². The summed E-state index contributed by atoms with van der Waals surface area (Å²) in [5.74, 6) is 1.41. The normalized spacial score (nSPS) is 20.6. The Morgan fingerprint density at radius 1 is 1.61 bits per heavy atom. The molecule has 18 heavy (non-hydrogen) atoms. The van der Waals surface area contributed by atoms with E-state index in [1.54, 1.807) is 12.3 Å². The molecule has 1 saturated heterocycles. The molecule has 0 radical (unpaired) electrons. The predicted octanol–water partition coefficient (Wildman–Crippen LogP) is 2.46. The Balaban J connectivity index is 1.85. The van der Waals surface area contributed by atoms with Gasteiger partial charge in [-0.2, -0.15) is 0 Å². The molecule has 1 aliphatic rings. The number of pyridine rings is 1. The van der Waals surface area contributed by atoms with Crippen LogP contribution in [0.5, 0.6) is 0 Å². The molecule has 100 valence electrons. The smallest absolute Gasteiger partial charge is 0.149 e. The molecule has 1 aliphatic heterocycles. The second-order valence-corrected chi connectivity index (χ2v) is 5.65. The maximum atomic E-state index is 5.86. The van der Waals surface area contributed by atoms with Crippen LogP contribution in [-0.2, 0) is 0 Å². The van der Waals surface area contributed by atoms with Gasteiger partial charge in [0, 0.05) is 25.3 Å². The van der Waals surface area contributed by atoms with Gasteiger partial charge in [-0.3, -0.25) is 0 Å². The maximum Gasteiger partial charge on any atom is 0.149 e. The van der Waals surface area contributed by atoms with Gasteiger partial charge in [-0.1, -0.05) is 11.6 Å². The average molecular weight is 269 g/mol. The summed E-state index contributed by atoms with van der Waals surface area (Å²) in [6, 6.07) is 2.36. The number of likely N-dealkylation sites (tertiary alicyclic amines) is 1. The Kier molecular flexibility index (Phi) is 4.30. The van der Waals surface area contributed by atoms with Crippen LogP contribution in [0.4, 0.5) is 11.5 Å². The van der Waals surface area contributed by atoms with E-state index in [2.05, 4.69) is 29.0 Å². The average Bonchev–Trinajstić information content (AvgIpc) is 2.76. The van der Waals surface area contributed by atoms with Crippen LogP contribution in [0, 0.1) is 5.92 Å². The van der Waals surface area contributed by atoms with Gasteiger partial charge in [-0.25, -0.2) is 4.98 Å². The van der Waals surface area contributed by atoms with E-state index in [0.717, 1.165) is 18.9 Å². The molecule has 1 unspecified atom stereocenters. The van der Waals surface area contributed by atoms with Gasteiger partial charge >= 0.3 is 0 Å². The highest BCUT2D eigenvalue weighted by molar-refractivity contribution is 6.30. The summed E-state index contributed by atoms with van der Waals surface area (Å²) in [6.07, 6.45) is 2.86. The molecule has 4 nitrogen and oxygen atoms in total. The monoisotopic (exact) mass is 268 g/mol. The number of anilines is 2. The molecular weight excluding hydrogens is 248 g/mol. The zero-order chi connectivity index (χ0) is 13.1. The minimum Gasteiger partial charge on any atom is -0.396 e. The first-order valence-electron chi connectivity index (χ1n) is 6.45. The van der Waals surface area contributed by atoms with Crippen molar-refractivity contribution >= 4 is 23.1 Å². The lowest BCUT2D eigenvalue weighted by Crippen LogP contribution is -2.29. The third-order valence-electron chi connectivity index (χ3n) is 3.49. The number of nitrogens with zero attached hydrogens (tertiary/aromatic N) is 2. The molecule has 0 aromatic carbocycles. The minimum atomic E-state index is 0.574. The SMILES string of the molecule is CC(C)N1CCC(CNc2ncc(Cl)cc2N)C1. The third-order valence-corrected chi connectivity index (χ3v) is 3.70. The van der Waals surface area contributed by atoms with Gasteiger partial charge < -0.3 is 16.0 Å². The first-order chi connectivity index (χ1) is 8.56. The van der Waals surface area contributed by atoms with Crippen molar-refractivity contribution in [2.24, 2.45) is 5.92 Å². The highest BCUT2D eigenvalue weighted by atomic mass is 35.5. The van der Waals surface area contributed by atoms with Crippen LogP contribution < -0.4 is 11.1 Å². The summed E-state index contributed by atoms with van der Waals surface area (Å²) < 4.78 is 0. The van der Waals surface area contributed by atoms with E-state index in [-0.39, 0.29) is 0 Å². The van der Waals surface area contributed by atoms with Gasteiger partial charge in [0.15, 0.2) is 0 Å². The second-order valence-electron chi connectivity index (χ2n) is 5.22. The van der Waals surface area contributed by atoms with Crippen LogP contribution in [-0.4, -0.2) is 35.6 Å². The van der Waals surface area contributed by atoms with Gasteiger partial charge in [0.25, 0.3) is 0 Å². The molecule has 0 saturated carbocycles. The lowest BCUT2D eigenvalue weighted by Gasteiger charge is -2.20. The van der Waals surface area contributed by atoms with Gasteiger partial charge in [0.2, 0.25) is 0 Å². The third kappa shape index (κ3) is 3.27. The largest absolute Gasteiger partial charge is 0.396 e. The van der Waals surface area contributed by atoms with Gasteiger partial charge in [0.05, 0.1) is 10.7 Å². The molecule has 1 fully saturated rings. The van der Waals surface area contributed by atoms with Crippen molar-refractivity contribution < 1.29 is 0 Å². The zero-order valence-corrected chi connectivity index (χ0v) is 11.7. The van der Waals surface area contributed by atoms with Crippen molar-refractivity contribution in [3.63, 3.8) is 0 Å². The molecule has 1 aromatic heterocycles. The van der Waals surface area contributed by atoms with Crippen LogP contribution in [0.1, 0.15) is 20.3 Å². The summed E-state index contributed by atoms with van der Waals surface area (Å²) in [4.78, 5) is 6.72. The summed E-state index contributed by atoms with van der Waals surface area (Å²) in [7, 11) is 0. The van der Waals surface area contributed by atoms with E-state index < -0.39 is 0 Å². The fourth-order valence-electron chi connectivity index (χ4n) is 2.34. The van der Waals surface area contributed by atoms with Gasteiger partial charge in [-0.05, 0) is 38.8 Å². The Morgan fingerprint density at radius 2 is 2.39 bits per heavy atom. The minimum absolute atomic E-state index is 0.574. The van der Waals surface area contributed by atoms with Crippen molar-refractivity contribution in [3.05, 3.63) is 17.3 Å². The predicted molar refractivity (Wildman–Crippen MR) is 77.0 cm³/mol. The fraction of sp³-hybridized carbons (Fsp3) is 0.615. The summed E-state index contributed by atoms with van der Waals surface area (Å²) in [5, 5.41) is 3.89. The Hall–Kier alpha value is -1.00. The Labute approximate surface area is 114 Å². The number of halogens is 1. The number of nitrogens with two attached hydrogens (primary N) is 1. The Morgan fingerprint density at radius 3 is 3.00 bits per heavy atom.